The quantitative estimate of drug-likeness (QED) is 0.192. The highest BCUT2D eigenvalue weighted by Crippen LogP contribution is 2.60. The largest absolute Gasteiger partial charge is 0.395 e. The van der Waals surface area contributed by atoms with Gasteiger partial charge in [-0.05, 0) is 56.2 Å². The van der Waals surface area contributed by atoms with Crippen LogP contribution < -0.4 is 15.5 Å². The summed E-state index contributed by atoms with van der Waals surface area (Å²) in [5.41, 5.74) is 0.444. The second-order valence-electron chi connectivity index (χ2n) is 13.0. The van der Waals surface area contributed by atoms with Gasteiger partial charge in [-0.1, -0.05) is 43.3 Å². The van der Waals surface area contributed by atoms with Crippen molar-refractivity contribution in [2.75, 3.05) is 43.0 Å². The van der Waals surface area contributed by atoms with Crippen LogP contribution in [0.4, 0.5) is 15.5 Å². The van der Waals surface area contributed by atoms with Gasteiger partial charge in [0, 0.05) is 48.9 Å². The van der Waals surface area contributed by atoms with Crippen molar-refractivity contribution in [3.63, 3.8) is 0 Å². The normalized spacial score (nSPS) is 26.2. The minimum atomic E-state index is -3.50. The Morgan fingerprint density at radius 1 is 1.27 bits per heavy atom. The molecular weight excluding hydrogens is 591 g/mol. The second kappa shape index (κ2) is 13.5. The summed E-state index contributed by atoms with van der Waals surface area (Å²) in [6.07, 6.45) is 2.37. The predicted molar refractivity (Wildman–Crippen MR) is 175 cm³/mol. The van der Waals surface area contributed by atoms with E-state index in [1.807, 2.05) is 37.3 Å². The van der Waals surface area contributed by atoms with E-state index in [1.54, 1.807) is 47.2 Å². The number of aliphatic hydroxyl groups is 1. The summed E-state index contributed by atoms with van der Waals surface area (Å²) in [6.45, 7) is 10.8. The van der Waals surface area contributed by atoms with Gasteiger partial charge in [0.05, 0.1) is 30.7 Å². The Kier molecular flexibility index (Phi) is 9.93. The van der Waals surface area contributed by atoms with Crippen LogP contribution in [0.15, 0.2) is 61.2 Å². The number of ether oxygens (including phenoxy) is 1. The average molecular weight is 637 g/mol. The zero-order valence-electron chi connectivity index (χ0n) is 26.4. The van der Waals surface area contributed by atoms with Gasteiger partial charge in [0.25, 0.3) is 5.91 Å². The molecule has 0 bridgehead atoms. The summed E-state index contributed by atoms with van der Waals surface area (Å²) >= 11 is 0. The second-order valence-corrected chi connectivity index (χ2v) is 16.8. The van der Waals surface area contributed by atoms with Crippen molar-refractivity contribution in [3.8, 4) is 0 Å². The van der Waals surface area contributed by atoms with E-state index < -0.39 is 31.6 Å². The topological polar surface area (TPSA) is 111 Å². The molecule has 2 fully saturated rings. The van der Waals surface area contributed by atoms with Crippen LogP contribution >= 0.6 is 0 Å². The maximum Gasteiger partial charge on any atom is 0.264 e. The molecule has 2 aromatic carbocycles. The van der Waals surface area contributed by atoms with Crippen molar-refractivity contribution >= 4 is 37.5 Å². The summed E-state index contributed by atoms with van der Waals surface area (Å²) < 4.78 is 23.0. The Bertz CT molecular complexity index is 1410. The van der Waals surface area contributed by atoms with Gasteiger partial charge < -0.3 is 34.4 Å². The van der Waals surface area contributed by atoms with Crippen molar-refractivity contribution in [1.29, 1.82) is 0 Å². The molecule has 0 aliphatic carbocycles. The minimum Gasteiger partial charge on any atom is -0.395 e. The lowest BCUT2D eigenvalue weighted by Crippen LogP contribution is -2.45. The number of rotatable bonds is 11. The Morgan fingerprint density at radius 2 is 2.02 bits per heavy atom. The Labute approximate surface area is 266 Å². The van der Waals surface area contributed by atoms with Gasteiger partial charge >= 0.3 is 0 Å². The molecule has 3 N–H and O–H groups in total. The molecule has 3 heterocycles. The van der Waals surface area contributed by atoms with Gasteiger partial charge in [0.15, 0.2) is 5.60 Å². The number of piperidine rings is 1. The summed E-state index contributed by atoms with van der Waals surface area (Å²) in [7, 11) is -3.50. The fraction of sp³-hybridized carbons (Fsp3) is 0.500. The number of carbonyl (C=O) groups is 3. The molecule has 11 heteroatoms. The highest BCUT2D eigenvalue weighted by molar-refractivity contribution is 6.72. The SMILES string of the molecule is C=CCN1C(=O)[C@]2(O[C@H](CC(=O)N(CCO)Cc3ccccc3)[C@@H]([Si](C)(C)F)[C@@H]2C)c2cc(NC(=O)C3CCCNC3)ccc21. The number of nitrogens with zero attached hydrogens (tertiary/aromatic N) is 2. The maximum absolute atomic E-state index is 16.3. The van der Waals surface area contributed by atoms with Gasteiger partial charge in [-0.2, -0.15) is 0 Å². The van der Waals surface area contributed by atoms with Crippen LogP contribution in [0, 0.1) is 11.8 Å². The third kappa shape index (κ3) is 6.49. The molecule has 242 valence electrons. The first-order valence-electron chi connectivity index (χ1n) is 15.9. The number of anilines is 2. The first-order valence-corrected chi connectivity index (χ1v) is 18.8. The molecule has 3 amide bonds. The number of aliphatic hydroxyl groups excluding tert-OH is 1. The third-order valence-electron chi connectivity index (χ3n) is 9.52. The van der Waals surface area contributed by atoms with Crippen molar-refractivity contribution in [1.82, 2.24) is 10.2 Å². The van der Waals surface area contributed by atoms with Crippen molar-refractivity contribution in [2.24, 2.45) is 11.8 Å². The van der Waals surface area contributed by atoms with Crippen LogP contribution in [0.25, 0.3) is 0 Å². The summed E-state index contributed by atoms with van der Waals surface area (Å²) in [5, 5.41) is 16.0. The lowest BCUT2D eigenvalue weighted by atomic mass is 9.82. The van der Waals surface area contributed by atoms with E-state index in [2.05, 4.69) is 17.2 Å². The average Bonchev–Trinajstić information content (AvgIpc) is 3.44. The van der Waals surface area contributed by atoms with Crippen LogP contribution in [0.1, 0.15) is 37.3 Å². The number of carbonyl (C=O) groups excluding carboxylic acids is 3. The lowest BCUT2D eigenvalue weighted by molar-refractivity contribution is -0.149. The molecule has 45 heavy (non-hydrogen) atoms. The molecule has 5 atom stereocenters. The smallest absolute Gasteiger partial charge is 0.264 e. The van der Waals surface area contributed by atoms with E-state index in [0.717, 1.165) is 24.9 Å². The molecule has 3 aliphatic rings. The zero-order chi connectivity index (χ0) is 32.4. The minimum absolute atomic E-state index is 0.0927. The summed E-state index contributed by atoms with van der Waals surface area (Å²) in [5.74, 6) is -1.43. The Balaban J connectivity index is 1.49. The van der Waals surface area contributed by atoms with Crippen LogP contribution in [0.3, 0.4) is 0 Å². The Morgan fingerprint density at radius 3 is 2.67 bits per heavy atom. The molecular formula is C34H45FN4O5Si. The predicted octanol–water partition coefficient (Wildman–Crippen LogP) is 4.34. The van der Waals surface area contributed by atoms with Gasteiger partial charge in [-0.3, -0.25) is 14.4 Å². The standard InChI is InChI=1S/C34H45FN4O5Si/c1-5-16-39-28-14-13-26(37-32(42)25-12-9-15-36-21-25)19-27(28)34(33(39)43)23(2)31(45(3,4)35)29(44-34)20-30(41)38(17-18-40)22-24-10-7-6-8-11-24/h5-8,10-11,13-14,19,23,25,29,31,36,40H,1,9,12,15-18,20-22H2,2-4H3,(H,37,42)/t23-,25?,29+,31-,34+/m0/s1. The highest BCUT2D eigenvalue weighted by Gasteiger charge is 2.67. The number of amides is 3. The van der Waals surface area contributed by atoms with E-state index in [-0.39, 0.29) is 49.8 Å². The van der Waals surface area contributed by atoms with Crippen molar-refractivity contribution in [2.45, 2.75) is 63.1 Å². The highest BCUT2D eigenvalue weighted by atomic mass is 28.4. The molecule has 0 saturated carbocycles. The van der Waals surface area contributed by atoms with E-state index in [1.165, 1.54) is 0 Å². The number of benzene rings is 2. The fourth-order valence-corrected chi connectivity index (χ4v) is 9.97. The summed E-state index contributed by atoms with van der Waals surface area (Å²) in [4.78, 5) is 44.4. The van der Waals surface area contributed by atoms with E-state index in [0.29, 0.717) is 30.0 Å². The number of halogens is 1. The molecule has 5 rings (SSSR count). The monoisotopic (exact) mass is 636 g/mol. The number of nitrogens with one attached hydrogen (secondary N) is 2. The van der Waals surface area contributed by atoms with Crippen LogP contribution in [-0.2, 0) is 31.3 Å². The van der Waals surface area contributed by atoms with Crippen LogP contribution in [0.2, 0.25) is 18.6 Å². The van der Waals surface area contributed by atoms with Gasteiger partial charge in [0.1, 0.15) is 0 Å². The fourth-order valence-electron chi connectivity index (χ4n) is 7.47. The molecule has 1 spiro atoms. The Hall–Kier alpha value is -3.38. The molecule has 2 saturated heterocycles. The molecule has 3 aliphatic heterocycles. The molecule has 9 nitrogen and oxygen atoms in total. The van der Waals surface area contributed by atoms with E-state index >= 15 is 4.11 Å². The molecule has 0 aromatic heterocycles. The lowest BCUT2D eigenvalue weighted by Gasteiger charge is -2.31. The first-order chi connectivity index (χ1) is 21.5. The van der Waals surface area contributed by atoms with Crippen molar-refractivity contribution in [3.05, 3.63) is 72.3 Å². The maximum atomic E-state index is 16.3. The molecule has 2 aromatic rings. The number of hydrogen-bond donors (Lipinski definition) is 3. The molecule has 0 radical (unpaired) electrons. The van der Waals surface area contributed by atoms with E-state index in [4.69, 9.17) is 4.74 Å². The third-order valence-corrected chi connectivity index (χ3v) is 12.0. The first kappa shape index (κ1) is 33.0. The summed E-state index contributed by atoms with van der Waals surface area (Å²) in [6, 6.07) is 14.8. The van der Waals surface area contributed by atoms with Crippen LogP contribution in [-0.4, -0.2) is 75.0 Å². The van der Waals surface area contributed by atoms with E-state index in [9.17, 15) is 19.5 Å². The van der Waals surface area contributed by atoms with Crippen LogP contribution in [0.5, 0.6) is 0 Å². The number of fused-ring (bicyclic) bond motifs is 2. The van der Waals surface area contributed by atoms with Gasteiger partial charge in [-0.25, -0.2) is 0 Å². The zero-order valence-corrected chi connectivity index (χ0v) is 27.4. The van der Waals surface area contributed by atoms with Gasteiger partial charge in [0.2, 0.25) is 20.2 Å². The van der Waals surface area contributed by atoms with Crippen molar-refractivity contribution < 1.29 is 28.3 Å². The molecule has 1 unspecified atom stereocenters. The van der Waals surface area contributed by atoms with Gasteiger partial charge in [-0.15, -0.1) is 6.58 Å². The number of hydrogen-bond acceptors (Lipinski definition) is 6.